The predicted octanol–water partition coefficient (Wildman–Crippen LogP) is 4.10. The molecule has 7 heteroatoms. The molecule has 2 aromatic rings. The van der Waals surface area contributed by atoms with Gasteiger partial charge >= 0.3 is 5.97 Å². The van der Waals surface area contributed by atoms with Crippen molar-refractivity contribution in [3.05, 3.63) is 63.2 Å². The molecule has 0 heterocycles. The SMILES string of the molecule is O=C(O)c1ccc(Sc2cccc(Cl)c2)cc1[N+](=O)[O-]. The molecule has 0 bridgehead atoms. The number of nitro groups is 1. The summed E-state index contributed by atoms with van der Waals surface area (Å²) < 4.78 is 0. The van der Waals surface area contributed by atoms with Crippen LogP contribution in [-0.2, 0) is 0 Å². The van der Waals surface area contributed by atoms with Gasteiger partial charge in [0, 0.05) is 20.9 Å². The van der Waals surface area contributed by atoms with Crippen LogP contribution in [0.15, 0.2) is 52.3 Å². The van der Waals surface area contributed by atoms with Gasteiger partial charge in [0.1, 0.15) is 5.56 Å². The van der Waals surface area contributed by atoms with E-state index in [9.17, 15) is 14.9 Å². The minimum atomic E-state index is -1.32. The lowest BCUT2D eigenvalue weighted by Crippen LogP contribution is -2.02. The van der Waals surface area contributed by atoms with Gasteiger partial charge in [0.15, 0.2) is 0 Å². The van der Waals surface area contributed by atoms with Crippen LogP contribution < -0.4 is 0 Å². The second-order valence-electron chi connectivity index (χ2n) is 3.80. The lowest BCUT2D eigenvalue weighted by atomic mass is 10.2. The van der Waals surface area contributed by atoms with Crippen molar-refractivity contribution in [2.45, 2.75) is 9.79 Å². The largest absolute Gasteiger partial charge is 0.477 e. The zero-order valence-electron chi connectivity index (χ0n) is 9.95. The molecule has 0 saturated heterocycles. The molecule has 0 radical (unpaired) electrons. The van der Waals surface area contributed by atoms with Gasteiger partial charge in [-0.25, -0.2) is 4.79 Å². The van der Waals surface area contributed by atoms with Crippen molar-refractivity contribution < 1.29 is 14.8 Å². The lowest BCUT2D eigenvalue weighted by molar-refractivity contribution is -0.385. The second-order valence-corrected chi connectivity index (χ2v) is 5.38. The summed E-state index contributed by atoms with van der Waals surface area (Å²) in [5, 5.41) is 20.4. The Morgan fingerprint density at radius 2 is 1.90 bits per heavy atom. The number of rotatable bonds is 4. The zero-order chi connectivity index (χ0) is 14.7. The molecule has 1 N–H and O–H groups in total. The smallest absolute Gasteiger partial charge is 0.342 e. The lowest BCUT2D eigenvalue weighted by Gasteiger charge is -2.04. The molecule has 20 heavy (non-hydrogen) atoms. The number of carbonyl (C=O) groups is 1. The van der Waals surface area contributed by atoms with Crippen LogP contribution in [0, 0.1) is 10.1 Å². The maximum Gasteiger partial charge on any atom is 0.342 e. The van der Waals surface area contributed by atoms with Crippen LogP contribution in [0.3, 0.4) is 0 Å². The third kappa shape index (κ3) is 3.28. The summed E-state index contributed by atoms with van der Waals surface area (Å²) in [6, 6.07) is 11.0. The maximum absolute atomic E-state index is 10.9. The molecule has 0 aliphatic rings. The van der Waals surface area contributed by atoms with Gasteiger partial charge in [-0.15, -0.1) is 0 Å². The Morgan fingerprint density at radius 3 is 2.50 bits per heavy atom. The first-order valence-electron chi connectivity index (χ1n) is 5.42. The first-order valence-corrected chi connectivity index (χ1v) is 6.62. The number of carboxylic acids is 1. The van der Waals surface area contributed by atoms with Crippen molar-refractivity contribution in [2.24, 2.45) is 0 Å². The number of benzene rings is 2. The van der Waals surface area contributed by atoms with Gasteiger partial charge in [0.25, 0.3) is 5.69 Å². The van der Waals surface area contributed by atoms with Gasteiger partial charge in [0.2, 0.25) is 0 Å². The van der Waals surface area contributed by atoms with E-state index in [0.29, 0.717) is 9.92 Å². The van der Waals surface area contributed by atoms with Crippen molar-refractivity contribution in [1.82, 2.24) is 0 Å². The summed E-state index contributed by atoms with van der Waals surface area (Å²) in [5.41, 5.74) is -0.755. The van der Waals surface area contributed by atoms with Crippen LogP contribution in [0.5, 0.6) is 0 Å². The molecule has 0 unspecified atom stereocenters. The molecule has 5 nitrogen and oxygen atoms in total. The van der Waals surface area contributed by atoms with E-state index in [1.807, 2.05) is 6.07 Å². The number of nitro benzene ring substituents is 1. The molecule has 0 aliphatic heterocycles. The van der Waals surface area contributed by atoms with Crippen LogP contribution in [0.25, 0.3) is 0 Å². The highest BCUT2D eigenvalue weighted by Gasteiger charge is 2.20. The van der Waals surface area contributed by atoms with E-state index in [-0.39, 0.29) is 5.56 Å². The number of hydrogen-bond acceptors (Lipinski definition) is 4. The molecular formula is C13H8ClNO4S. The van der Waals surface area contributed by atoms with Crippen LogP contribution in [0.4, 0.5) is 5.69 Å². The molecule has 0 atom stereocenters. The van der Waals surface area contributed by atoms with Crippen molar-refractivity contribution in [3.63, 3.8) is 0 Å². The summed E-state index contributed by atoms with van der Waals surface area (Å²) in [4.78, 5) is 22.5. The average molecular weight is 310 g/mol. The number of hydrogen-bond donors (Lipinski definition) is 1. The van der Waals surface area contributed by atoms with E-state index in [0.717, 1.165) is 4.90 Å². The van der Waals surface area contributed by atoms with Gasteiger partial charge in [-0.2, -0.15) is 0 Å². The van der Waals surface area contributed by atoms with Gasteiger partial charge < -0.3 is 5.11 Å². The summed E-state index contributed by atoms with van der Waals surface area (Å²) in [5.74, 6) is -1.32. The zero-order valence-corrected chi connectivity index (χ0v) is 11.5. The van der Waals surface area contributed by atoms with E-state index in [1.165, 1.54) is 30.0 Å². The molecule has 2 rings (SSSR count). The van der Waals surface area contributed by atoms with Crippen LogP contribution >= 0.6 is 23.4 Å². The topological polar surface area (TPSA) is 80.4 Å². The fraction of sp³-hybridized carbons (Fsp3) is 0. The molecule has 0 aromatic heterocycles. The molecule has 2 aromatic carbocycles. The first-order chi connectivity index (χ1) is 9.47. The maximum atomic E-state index is 10.9. The number of nitrogens with zero attached hydrogens (tertiary/aromatic N) is 1. The Morgan fingerprint density at radius 1 is 1.20 bits per heavy atom. The van der Waals surface area contributed by atoms with Crippen molar-refractivity contribution in [3.8, 4) is 0 Å². The van der Waals surface area contributed by atoms with Crippen LogP contribution in [-0.4, -0.2) is 16.0 Å². The monoisotopic (exact) mass is 309 g/mol. The molecular weight excluding hydrogens is 302 g/mol. The minimum absolute atomic E-state index is 0.328. The van der Waals surface area contributed by atoms with Gasteiger partial charge in [-0.3, -0.25) is 10.1 Å². The average Bonchev–Trinajstić information content (AvgIpc) is 2.38. The highest BCUT2D eigenvalue weighted by atomic mass is 35.5. The molecule has 0 saturated carbocycles. The second kappa shape index (κ2) is 5.94. The summed E-state index contributed by atoms with van der Waals surface area (Å²) in [6.07, 6.45) is 0. The van der Waals surface area contributed by atoms with E-state index < -0.39 is 16.6 Å². The predicted molar refractivity (Wildman–Crippen MR) is 75.6 cm³/mol. The van der Waals surface area contributed by atoms with Crippen molar-refractivity contribution >= 4 is 35.0 Å². The highest BCUT2D eigenvalue weighted by molar-refractivity contribution is 7.99. The number of carboxylic acid groups (broad SMARTS) is 1. The Bertz CT molecular complexity index is 690. The summed E-state index contributed by atoms with van der Waals surface area (Å²) in [7, 11) is 0. The van der Waals surface area contributed by atoms with E-state index in [1.54, 1.807) is 18.2 Å². The van der Waals surface area contributed by atoms with Crippen LogP contribution in [0.1, 0.15) is 10.4 Å². The Labute approximate surface area is 123 Å². The van der Waals surface area contributed by atoms with Crippen LogP contribution in [0.2, 0.25) is 5.02 Å². The quantitative estimate of drug-likeness (QED) is 0.679. The molecule has 0 aliphatic carbocycles. The van der Waals surface area contributed by atoms with Crippen molar-refractivity contribution in [1.29, 1.82) is 0 Å². The van der Waals surface area contributed by atoms with Gasteiger partial charge in [-0.05, 0) is 30.3 Å². The number of aromatic carboxylic acids is 1. The molecule has 102 valence electrons. The Kier molecular flexibility index (Phi) is 4.26. The Hall–Kier alpha value is -2.05. The van der Waals surface area contributed by atoms with E-state index in [4.69, 9.17) is 16.7 Å². The van der Waals surface area contributed by atoms with Crippen molar-refractivity contribution in [2.75, 3.05) is 0 Å². The third-order valence-corrected chi connectivity index (χ3v) is 3.64. The normalized spacial score (nSPS) is 10.2. The third-order valence-electron chi connectivity index (χ3n) is 2.43. The summed E-state index contributed by atoms with van der Waals surface area (Å²) >= 11 is 7.13. The highest BCUT2D eigenvalue weighted by Crippen LogP contribution is 2.32. The number of halogens is 1. The fourth-order valence-electron chi connectivity index (χ4n) is 1.57. The molecule has 0 amide bonds. The van der Waals surface area contributed by atoms with E-state index in [2.05, 4.69) is 0 Å². The minimum Gasteiger partial charge on any atom is -0.477 e. The van der Waals surface area contributed by atoms with Gasteiger partial charge in [-0.1, -0.05) is 29.4 Å². The fourth-order valence-corrected chi connectivity index (χ4v) is 2.74. The molecule has 0 spiro atoms. The first kappa shape index (κ1) is 14.4. The summed E-state index contributed by atoms with van der Waals surface area (Å²) in [6.45, 7) is 0. The van der Waals surface area contributed by atoms with E-state index >= 15 is 0 Å². The molecule has 0 fully saturated rings. The standard InChI is InChI=1S/C13H8ClNO4S/c14-8-2-1-3-9(6-8)20-10-4-5-11(13(16)17)12(7-10)15(18)19/h1-7H,(H,16,17). The van der Waals surface area contributed by atoms with Gasteiger partial charge in [0.05, 0.1) is 4.92 Å². The Balaban J connectivity index is 2.36.